The van der Waals surface area contributed by atoms with Crippen molar-refractivity contribution in [2.45, 2.75) is 20.4 Å². The molecular weight excluding hydrogens is 379 g/mol. The lowest BCUT2D eigenvalue weighted by atomic mass is 10.2. The lowest BCUT2D eigenvalue weighted by Gasteiger charge is -2.11. The zero-order valence-corrected chi connectivity index (χ0v) is 15.4. The summed E-state index contributed by atoms with van der Waals surface area (Å²) in [5.74, 6) is 1.01. The van der Waals surface area contributed by atoms with Crippen LogP contribution in [0.3, 0.4) is 0 Å². The summed E-state index contributed by atoms with van der Waals surface area (Å²) in [6.45, 7) is 3.69. The van der Waals surface area contributed by atoms with Crippen LogP contribution in [0.1, 0.15) is 17.1 Å². The lowest BCUT2D eigenvalue weighted by molar-refractivity contribution is -0.385. The monoisotopic (exact) mass is 392 g/mol. The van der Waals surface area contributed by atoms with Crippen LogP contribution in [0, 0.1) is 24.0 Å². The van der Waals surface area contributed by atoms with Gasteiger partial charge in [-0.1, -0.05) is 29.3 Å². The Bertz CT molecular complexity index is 989. The van der Waals surface area contributed by atoms with Crippen LogP contribution in [0.4, 0.5) is 11.6 Å². The van der Waals surface area contributed by atoms with Crippen molar-refractivity contribution in [3.63, 3.8) is 0 Å². The molecule has 0 amide bonds. The molecule has 0 unspecified atom stereocenters. The van der Waals surface area contributed by atoms with Crippen molar-refractivity contribution < 1.29 is 4.92 Å². The van der Waals surface area contributed by atoms with E-state index in [-0.39, 0.29) is 23.1 Å². The van der Waals surface area contributed by atoms with Gasteiger partial charge in [0, 0.05) is 18.9 Å². The third kappa shape index (κ3) is 3.61. The highest BCUT2D eigenvalue weighted by Crippen LogP contribution is 2.27. The van der Waals surface area contributed by atoms with Crippen molar-refractivity contribution in [1.82, 2.24) is 19.5 Å². The average molecular weight is 393 g/mol. The van der Waals surface area contributed by atoms with E-state index in [0.717, 1.165) is 5.56 Å². The maximum Gasteiger partial charge on any atom is 0.333 e. The highest BCUT2D eigenvalue weighted by Gasteiger charge is 2.24. The quantitative estimate of drug-likeness (QED) is 0.518. The Morgan fingerprint density at radius 2 is 2.00 bits per heavy atom. The van der Waals surface area contributed by atoms with Crippen molar-refractivity contribution in [3.05, 3.63) is 67.8 Å². The molecule has 2 aromatic heterocycles. The number of rotatable bonds is 5. The van der Waals surface area contributed by atoms with Crippen LogP contribution < -0.4 is 5.32 Å². The molecule has 0 aliphatic heterocycles. The summed E-state index contributed by atoms with van der Waals surface area (Å²) in [7, 11) is 0. The molecule has 8 nitrogen and oxygen atoms in total. The molecule has 0 bridgehead atoms. The molecule has 0 radical (unpaired) electrons. The van der Waals surface area contributed by atoms with E-state index in [1.807, 2.05) is 6.07 Å². The average Bonchev–Trinajstić information content (AvgIpc) is 3.01. The van der Waals surface area contributed by atoms with E-state index >= 15 is 0 Å². The summed E-state index contributed by atoms with van der Waals surface area (Å²) in [5, 5.41) is 15.4. The van der Waals surface area contributed by atoms with Gasteiger partial charge in [-0.15, -0.1) is 0 Å². The topological polar surface area (TPSA) is 98.8 Å². The van der Waals surface area contributed by atoms with Gasteiger partial charge < -0.3 is 5.32 Å². The Morgan fingerprint density at radius 1 is 1.23 bits per heavy atom. The van der Waals surface area contributed by atoms with Gasteiger partial charge in [0.15, 0.2) is 0 Å². The summed E-state index contributed by atoms with van der Waals surface area (Å²) in [6, 6.07) is 5.25. The number of benzene rings is 1. The standard InChI is InChI=1S/C16H14Cl2N6O2/c1-9-14(24(25)26)15(23-6-5-19-10(23)2)22-16(21-9)20-8-11-3-4-12(17)13(18)7-11/h3-7H,8H2,1-2H3,(H,20,21,22). The van der Waals surface area contributed by atoms with Gasteiger partial charge in [-0.3, -0.25) is 14.7 Å². The zero-order valence-electron chi connectivity index (χ0n) is 13.9. The number of anilines is 1. The Morgan fingerprint density at radius 3 is 2.62 bits per heavy atom. The van der Waals surface area contributed by atoms with Gasteiger partial charge in [0.2, 0.25) is 11.8 Å². The Labute approximate surface area is 159 Å². The summed E-state index contributed by atoms with van der Waals surface area (Å²) in [5.41, 5.74) is 0.968. The molecule has 1 aromatic carbocycles. The molecule has 26 heavy (non-hydrogen) atoms. The third-order valence-corrected chi connectivity index (χ3v) is 4.45. The molecule has 2 heterocycles. The van der Waals surface area contributed by atoms with Gasteiger partial charge in [-0.05, 0) is 31.5 Å². The molecule has 0 fully saturated rings. The largest absolute Gasteiger partial charge is 0.350 e. The number of aryl methyl sites for hydroxylation is 2. The van der Waals surface area contributed by atoms with E-state index in [2.05, 4.69) is 20.3 Å². The first-order valence-corrected chi connectivity index (χ1v) is 8.33. The van der Waals surface area contributed by atoms with Crippen LogP contribution in [0.15, 0.2) is 30.6 Å². The highest BCUT2D eigenvalue weighted by atomic mass is 35.5. The molecular formula is C16H14Cl2N6O2. The van der Waals surface area contributed by atoms with Gasteiger partial charge in [0.1, 0.15) is 11.5 Å². The van der Waals surface area contributed by atoms with Crippen molar-refractivity contribution >= 4 is 34.8 Å². The second kappa shape index (κ2) is 7.27. The van der Waals surface area contributed by atoms with Crippen LogP contribution in [0.2, 0.25) is 10.0 Å². The first-order chi connectivity index (χ1) is 12.4. The van der Waals surface area contributed by atoms with Crippen molar-refractivity contribution in [1.29, 1.82) is 0 Å². The van der Waals surface area contributed by atoms with Crippen molar-refractivity contribution in [3.8, 4) is 5.82 Å². The Hall–Kier alpha value is -2.71. The lowest BCUT2D eigenvalue weighted by Crippen LogP contribution is -2.11. The molecule has 0 saturated heterocycles. The number of nitrogens with zero attached hydrogens (tertiary/aromatic N) is 5. The molecule has 134 valence electrons. The minimum atomic E-state index is -0.493. The number of imidazole rings is 1. The van der Waals surface area contributed by atoms with E-state index in [1.165, 1.54) is 0 Å². The van der Waals surface area contributed by atoms with Crippen LogP contribution in [-0.2, 0) is 6.54 Å². The highest BCUT2D eigenvalue weighted by molar-refractivity contribution is 6.42. The van der Waals surface area contributed by atoms with Gasteiger partial charge in [0.05, 0.1) is 15.0 Å². The molecule has 0 aliphatic carbocycles. The fourth-order valence-corrected chi connectivity index (χ4v) is 2.77. The fourth-order valence-electron chi connectivity index (χ4n) is 2.45. The van der Waals surface area contributed by atoms with Gasteiger partial charge >= 0.3 is 5.69 Å². The minimum absolute atomic E-state index is 0.161. The van der Waals surface area contributed by atoms with Crippen LogP contribution in [0.25, 0.3) is 5.82 Å². The van der Waals surface area contributed by atoms with Crippen LogP contribution >= 0.6 is 23.2 Å². The molecule has 0 aliphatic rings. The van der Waals surface area contributed by atoms with Gasteiger partial charge in [0.25, 0.3) is 0 Å². The van der Waals surface area contributed by atoms with Crippen molar-refractivity contribution in [2.75, 3.05) is 5.32 Å². The summed E-state index contributed by atoms with van der Waals surface area (Å²) >= 11 is 11.9. The van der Waals surface area contributed by atoms with Gasteiger partial charge in [-0.2, -0.15) is 4.98 Å². The Kier molecular flexibility index (Phi) is 5.06. The number of aromatic nitrogens is 4. The predicted molar refractivity (Wildman–Crippen MR) is 99.1 cm³/mol. The number of hydrogen-bond donors (Lipinski definition) is 1. The molecule has 0 atom stereocenters. The maximum absolute atomic E-state index is 11.5. The predicted octanol–water partition coefficient (Wildman–Crippen LogP) is 4.11. The van der Waals surface area contributed by atoms with Crippen molar-refractivity contribution in [2.24, 2.45) is 0 Å². The maximum atomic E-state index is 11.5. The van der Waals surface area contributed by atoms with E-state index < -0.39 is 4.92 Å². The summed E-state index contributed by atoms with van der Waals surface area (Å²) in [4.78, 5) is 23.6. The van der Waals surface area contributed by atoms with Crippen LogP contribution in [-0.4, -0.2) is 24.4 Å². The summed E-state index contributed by atoms with van der Waals surface area (Å²) in [6.07, 6.45) is 3.17. The molecule has 10 heteroatoms. The number of nitro groups is 1. The normalized spacial score (nSPS) is 10.8. The zero-order chi connectivity index (χ0) is 18.8. The van der Waals surface area contributed by atoms with Crippen LogP contribution in [0.5, 0.6) is 0 Å². The number of hydrogen-bond acceptors (Lipinski definition) is 6. The van der Waals surface area contributed by atoms with E-state index in [1.54, 1.807) is 42.9 Å². The second-order valence-electron chi connectivity index (χ2n) is 5.51. The first-order valence-electron chi connectivity index (χ1n) is 7.58. The molecule has 0 spiro atoms. The number of halogens is 2. The third-order valence-electron chi connectivity index (χ3n) is 3.71. The van der Waals surface area contributed by atoms with Gasteiger partial charge in [-0.25, -0.2) is 9.97 Å². The fraction of sp³-hybridized carbons (Fsp3) is 0.188. The smallest absolute Gasteiger partial charge is 0.333 e. The SMILES string of the molecule is Cc1nc(NCc2ccc(Cl)c(Cl)c2)nc(-n2ccnc2C)c1[N+](=O)[O-]. The number of nitrogens with one attached hydrogen (secondary N) is 1. The molecule has 3 aromatic rings. The minimum Gasteiger partial charge on any atom is -0.350 e. The van der Waals surface area contributed by atoms with E-state index in [4.69, 9.17) is 23.2 Å². The molecule has 0 saturated carbocycles. The Balaban J connectivity index is 1.95. The van der Waals surface area contributed by atoms with E-state index in [9.17, 15) is 10.1 Å². The summed E-state index contributed by atoms with van der Waals surface area (Å²) < 4.78 is 1.55. The second-order valence-corrected chi connectivity index (χ2v) is 6.32. The molecule has 3 rings (SSSR count). The molecule has 1 N–H and O–H groups in total. The van der Waals surface area contributed by atoms with E-state index in [0.29, 0.717) is 22.4 Å². The first kappa shape index (κ1) is 18.1.